The molecule has 3 aromatic carbocycles. The van der Waals surface area contributed by atoms with Crippen molar-refractivity contribution in [3.8, 4) is 0 Å². The van der Waals surface area contributed by atoms with E-state index in [4.69, 9.17) is 11.5 Å². The molecule has 0 saturated carbocycles. The second kappa shape index (κ2) is 7.01. The van der Waals surface area contributed by atoms with Crippen LogP contribution in [0.15, 0.2) is 72.8 Å². The number of nitrogens with two attached hydrogens (primary N) is 2. The molecule has 0 amide bonds. The molecule has 0 aliphatic rings. The molecular weight excluding hydrogens is 296 g/mol. The minimum atomic E-state index is -0.0661. The standard InChI is InChI=1S/C21H20N2O/c22-19-12-18(13-20(23)14-19)21(24)17-10-8-16(9-11-17)7-6-15-4-2-1-3-5-15/h1-5,8-14H,6-7,22-23H2. The molecule has 24 heavy (non-hydrogen) atoms. The maximum atomic E-state index is 12.5. The number of benzene rings is 3. The Hall–Kier alpha value is -3.07. The quantitative estimate of drug-likeness (QED) is 0.554. The monoisotopic (exact) mass is 316 g/mol. The van der Waals surface area contributed by atoms with Crippen LogP contribution in [0.2, 0.25) is 0 Å². The molecule has 0 fully saturated rings. The lowest BCUT2D eigenvalue weighted by molar-refractivity contribution is 0.103. The van der Waals surface area contributed by atoms with Crippen LogP contribution in [0, 0.1) is 0 Å². The summed E-state index contributed by atoms with van der Waals surface area (Å²) < 4.78 is 0. The zero-order valence-electron chi connectivity index (χ0n) is 13.4. The van der Waals surface area contributed by atoms with Crippen LogP contribution in [0.3, 0.4) is 0 Å². The molecule has 0 aliphatic carbocycles. The van der Waals surface area contributed by atoms with Gasteiger partial charge in [0, 0.05) is 22.5 Å². The van der Waals surface area contributed by atoms with Gasteiger partial charge in [0.2, 0.25) is 0 Å². The van der Waals surface area contributed by atoms with Crippen molar-refractivity contribution in [2.24, 2.45) is 0 Å². The van der Waals surface area contributed by atoms with Crippen LogP contribution in [0.1, 0.15) is 27.0 Å². The molecule has 3 heteroatoms. The minimum absolute atomic E-state index is 0.0661. The zero-order valence-corrected chi connectivity index (χ0v) is 13.4. The highest BCUT2D eigenvalue weighted by molar-refractivity contribution is 6.09. The van der Waals surface area contributed by atoms with Gasteiger partial charge in [-0.15, -0.1) is 0 Å². The fourth-order valence-corrected chi connectivity index (χ4v) is 2.73. The van der Waals surface area contributed by atoms with Crippen LogP contribution < -0.4 is 11.5 Å². The molecule has 3 rings (SSSR count). The van der Waals surface area contributed by atoms with E-state index in [1.165, 1.54) is 11.1 Å². The second-order valence-electron chi connectivity index (χ2n) is 5.90. The molecule has 3 aromatic rings. The summed E-state index contributed by atoms with van der Waals surface area (Å²) in [5.41, 5.74) is 16.2. The normalized spacial score (nSPS) is 10.5. The fourth-order valence-electron chi connectivity index (χ4n) is 2.73. The van der Waals surface area contributed by atoms with Crippen molar-refractivity contribution in [1.29, 1.82) is 0 Å². The van der Waals surface area contributed by atoms with Gasteiger partial charge in [-0.3, -0.25) is 4.79 Å². The van der Waals surface area contributed by atoms with Crippen LogP contribution in [0.4, 0.5) is 11.4 Å². The highest BCUT2D eigenvalue weighted by atomic mass is 16.1. The van der Waals surface area contributed by atoms with Gasteiger partial charge in [-0.1, -0.05) is 54.6 Å². The summed E-state index contributed by atoms with van der Waals surface area (Å²) in [7, 11) is 0. The number of carbonyl (C=O) groups excluding carboxylic acids is 1. The number of hydrogen-bond donors (Lipinski definition) is 2. The Kier molecular flexibility index (Phi) is 4.62. The van der Waals surface area contributed by atoms with Crippen LogP contribution in [-0.4, -0.2) is 5.78 Å². The summed E-state index contributed by atoms with van der Waals surface area (Å²) in [5.74, 6) is -0.0661. The van der Waals surface area contributed by atoms with E-state index < -0.39 is 0 Å². The first-order chi connectivity index (χ1) is 11.6. The van der Waals surface area contributed by atoms with E-state index >= 15 is 0 Å². The summed E-state index contributed by atoms with van der Waals surface area (Å²) in [4.78, 5) is 12.5. The molecule has 120 valence electrons. The van der Waals surface area contributed by atoms with E-state index in [1.807, 2.05) is 42.5 Å². The summed E-state index contributed by atoms with van der Waals surface area (Å²) in [6.45, 7) is 0. The summed E-state index contributed by atoms with van der Waals surface area (Å²) in [5, 5.41) is 0. The molecule has 0 heterocycles. The van der Waals surface area contributed by atoms with Crippen LogP contribution in [0.25, 0.3) is 0 Å². The molecule has 0 aliphatic heterocycles. The summed E-state index contributed by atoms with van der Waals surface area (Å²) in [6.07, 6.45) is 1.93. The van der Waals surface area contributed by atoms with E-state index in [0.29, 0.717) is 22.5 Å². The van der Waals surface area contributed by atoms with Gasteiger partial charge in [0.05, 0.1) is 0 Å². The smallest absolute Gasteiger partial charge is 0.193 e. The van der Waals surface area contributed by atoms with Gasteiger partial charge in [0.15, 0.2) is 5.78 Å². The lowest BCUT2D eigenvalue weighted by Crippen LogP contribution is -2.04. The molecule has 0 saturated heterocycles. The fraction of sp³-hybridized carbons (Fsp3) is 0.0952. The molecule has 3 nitrogen and oxygen atoms in total. The molecule has 0 aromatic heterocycles. The number of aryl methyl sites for hydroxylation is 2. The predicted molar refractivity (Wildman–Crippen MR) is 99.0 cm³/mol. The van der Waals surface area contributed by atoms with Crippen molar-refractivity contribution < 1.29 is 4.79 Å². The molecule has 0 unspecified atom stereocenters. The Labute approximate surface area is 141 Å². The third-order valence-corrected chi connectivity index (χ3v) is 4.00. The molecule has 0 atom stereocenters. The first kappa shape index (κ1) is 15.8. The third-order valence-electron chi connectivity index (χ3n) is 4.00. The first-order valence-electron chi connectivity index (χ1n) is 7.95. The lowest BCUT2D eigenvalue weighted by Gasteiger charge is -2.06. The first-order valence-corrected chi connectivity index (χ1v) is 7.95. The van der Waals surface area contributed by atoms with Crippen LogP contribution in [-0.2, 0) is 12.8 Å². The Morgan fingerprint density at radius 1 is 0.667 bits per heavy atom. The molecular formula is C21H20N2O. The van der Waals surface area contributed by atoms with Crippen LogP contribution in [0.5, 0.6) is 0 Å². The Balaban J connectivity index is 1.70. The number of ketones is 1. The Bertz CT molecular complexity index is 819. The van der Waals surface area contributed by atoms with E-state index in [1.54, 1.807) is 18.2 Å². The van der Waals surface area contributed by atoms with E-state index in [-0.39, 0.29) is 5.78 Å². The van der Waals surface area contributed by atoms with E-state index in [0.717, 1.165) is 12.8 Å². The van der Waals surface area contributed by atoms with Crippen molar-refractivity contribution in [2.75, 3.05) is 11.5 Å². The highest BCUT2D eigenvalue weighted by Gasteiger charge is 2.10. The maximum absolute atomic E-state index is 12.5. The molecule has 0 radical (unpaired) electrons. The second-order valence-corrected chi connectivity index (χ2v) is 5.90. The Morgan fingerprint density at radius 2 is 1.21 bits per heavy atom. The van der Waals surface area contributed by atoms with Crippen LogP contribution >= 0.6 is 0 Å². The number of carbonyl (C=O) groups is 1. The van der Waals surface area contributed by atoms with Gasteiger partial charge in [0.25, 0.3) is 0 Å². The highest BCUT2D eigenvalue weighted by Crippen LogP contribution is 2.18. The Morgan fingerprint density at radius 3 is 1.79 bits per heavy atom. The summed E-state index contributed by atoms with van der Waals surface area (Å²) in [6, 6.07) is 23.1. The average molecular weight is 316 g/mol. The molecule has 0 spiro atoms. The van der Waals surface area contributed by atoms with Crippen molar-refractivity contribution in [2.45, 2.75) is 12.8 Å². The lowest BCUT2D eigenvalue weighted by atomic mass is 9.99. The van der Waals surface area contributed by atoms with Gasteiger partial charge < -0.3 is 11.5 Å². The van der Waals surface area contributed by atoms with Gasteiger partial charge in [-0.2, -0.15) is 0 Å². The zero-order chi connectivity index (χ0) is 16.9. The number of hydrogen-bond acceptors (Lipinski definition) is 3. The van der Waals surface area contributed by atoms with Gasteiger partial charge in [-0.25, -0.2) is 0 Å². The summed E-state index contributed by atoms with van der Waals surface area (Å²) >= 11 is 0. The average Bonchev–Trinajstić information content (AvgIpc) is 2.60. The maximum Gasteiger partial charge on any atom is 0.193 e. The van der Waals surface area contributed by atoms with Gasteiger partial charge in [-0.05, 0) is 42.2 Å². The SMILES string of the molecule is Nc1cc(N)cc(C(=O)c2ccc(CCc3ccccc3)cc2)c1. The van der Waals surface area contributed by atoms with Crippen molar-refractivity contribution in [3.05, 3.63) is 95.1 Å². The predicted octanol–water partition coefficient (Wildman–Crippen LogP) is 3.87. The third kappa shape index (κ3) is 3.82. The van der Waals surface area contributed by atoms with E-state index in [2.05, 4.69) is 12.1 Å². The van der Waals surface area contributed by atoms with Gasteiger partial charge >= 0.3 is 0 Å². The minimum Gasteiger partial charge on any atom is -0.399 e. The number of nitrogen functional groups attached to an aromatic ring is 2. The van der Waals surface area contributed by atoms with Crippen molar-refractivity contribution in [3.63, 3.8) is 0 Å². The molecule has 0 bridgehead atoms. The number of rotatable bonds is 5. The van der Waals surface area contributed by atoms with Gasteiger partial charge in [0.1, 0.15) is 0 Å². The largest absolute Gasteiger partial charge is 0.399 e. The van der Waals surface area contributed by atoms with Crippen molar-refractivity contribution in [1.82, 2.24) is 0 Å². The van der Waals surface area contributed by atoms with E-state index in [9.17, 15) is 4.79 Å². The topological polar surface area (TPSA) is 69.1 Å². The number of anilines is 2. The van der Waals surface area contributed by atoms with Crippen molar-refractivity contribution >= 4 is 17.2 Å². The molecule has 4 N–H and O–H groups in total.